The molecule has 4 rings (SSSR count). The number of H-pyrrole nitrogens is 1. The van der Waals surface area contributed by atoms with Gasteiger partial charge in [0.1, 0.15) is 5.56 Å². The number of aromatic hydroxyl groups is 1. The van der Waals surface area contributed by atoms with E-state index >= 15 is 0 Å². The molecule has 0 fully saturated rings. The van der Waals surface area contributed by atoms with Crippen molar-refractivity contribution < 1.29 is 9.90 Å². The van der Waals surface area contributed by atoms with Crippen LogP contribution in [0, 0.1) is 13.8 Å². The third kappa shape index (κ3) is 3.85. The molecule has 3 aromatic rings. The van der Waals surface area contributed by atoms with Crippen LogP contribution >= 0.6 is 11.6 Å². The number of aryl methyl sites for hydroxylation is 2. The van der Waals surface area contributed by atoms with Crippen molar-refractivity contribution >= 4 is 23.2 Å². The zero-order valence-electron chi connectivity index (χ0n) is 17.7. The van der Waals surface area contributed by atoms with Gasteiger partial charge in [0.25, 0.3) is 5.56 Å². The summed E-state index contributed by atoms with van der Waals surface area (Å²) in [7, 11) is 0. The van der Waals surface area contributed by atoms with Gasteiger partial charge in [0.05, 0.1) is 17.4 Å². The summed E-state index contributed by atoms with van der Waals surface area (Å²) < 4.78 is 1.03. The van der Waals surface area contributed by atoms with Crippen molar-refractivity contribution in [1.82, 2.24) is 14.6 Å². The van der Waals surface area contributed by atoms with Crippen LogP contribution in [-0.4, -0.2) is 31.3 Å². The summed E-state index contributed by atoms with van der Waals surface area (Å²) in [6.07, 6.45) is 0.183. The van der Waals surface area contributed by atoms with Crippen molar-refractivity contribution in [2.24, 2.45) is 5.10 Å². The number of amides is 1. The summed E-state index contributed by atoms with van der Waals surface area (Å²) in [5.74, 6) is -0.846. The highest BCUT2D eigenvalue weighted by Crippen LogP contribution is 2.34. The molecular formula is C23H21ClN4O4. The lowest BCUT2D eigenvalue weighted by Crippen LogP contribution is -2.33. The molecule has 8 nitrogen and oxygen atoms in total. The SMILES string of the molecule is CC(=O)N1N=C(c2c(O)n(-c3cc(C)cc(C)c3)c(=O)[nH]c2=O)C[C@@H]1c1ccc(Cl)cc1. The number of aromatic amines is 1. The molecule has 0 spiro atoms. The molecule has 1 amide bonds. The minimum absolute atomic E-state index is 0.147. The Morgan fingerprint density at radius 1 is 1.12 bits per heavy atom. The Labute approximate surface area is 188 Å². The van der Waals surface area contributed by atoms with Gasteiger partial charge in [-0.25, -0.2) is 14.4 Å². The van der Waals surface area contributed by atoms with E-state index < -0.39 is 23.2 Å². The molecule has 0 unspecified atom stereocenters. The van der Waals surface area contributed by atoms with Crippen molar-refractivity contribution in [2.45, 2.75) is 33.2 Å². The molecular weight excluding hydrogens is 432 g/mol. The Kier molecular flexibility index (Phi) is 5.48. The normalized spacial score (nSPS) is 15.7. The lowest BCUT2D eigenvalue weighted by atomic mass is 9.99. The van der Waals surface area contributed by atoms with Crippen LogP contribution in [-0.2, 0) is 4.79 Å². The number of aromatic nitrogens is 2. The molecule has 1 aromatic heterocycles. The van der Waals surface area contributed by atoms with Crippen molar-refractivity contribution in [2.75, 3.05) is 0 Å². The van der Waals surface area contributed by atoms with E-state index in [0.29, 0.717) is 10.7 Å². The fraction of sp³-hybridized carbons (Fsp3) is 0.217. The average molecular weight is 453 g/mol. The van der Waals surface area contributed by atoms with Crippen LogP contribution in [0.2, 0.25) is 5.02 Å². The van der Waals surface area contributed by atoms with Crippen LogP contribution in [0.1, 0.15) is 41.6 Å². The zero-order chi connectivity index (χ0) is 23.2. The fourth-order valence-electron chi connectivity index (χ4n) is 4.00. The summed E-state index contributed by atoms with van der Waals surface area (Å²) in [5, 5.41) is 17.2. The molecule has 0 saturated carbocycles. The van der Waals surface area contributed by atoms with E-state index in [0.717, 1.165) is 21.3 Å². The van der Waals surface area contributed by atoms with Crippen molar-refractivity contribution in [3.05, 3.63) is 90.6 Å². The number of carbonyl (C=O) groups excluding carboxylic acids is 1. The molecule has 1 aliphatic heterocycles. The van der Waals surface area contributed by atoms with E-state index in [2.05, 4.69) is 10.1 Å². The minimum atomic E-state index is -0.771. The van der Waals surface area contributed by atoms with Crippen molar-refractivity contribution in [1.29, 1.82) is 0 Å². The first-order valence-electron chi connectivity index (χ1n) is 9.96. The Bertz CT molecular complexity index is 1350. The molecule has 1 atom stereocenters. The molecule has 164 valence electrons. The topological polar surface area (TPSA) is 108 Å². The molecule has 2 N–H and O–H groups in total. The molecule has 0 radical (unpaired) electrons. The van der Waals surface area contributed by atoms with Gasteiger partial charge in [-0.1, -0.05) is 29.8 Å². The van der Waals surface area contributed by atoms with Crippen molar-refractivity contribution in [3.63, 3.8) is 0 Å². The largest absolute Gasteiger partial charge is 0.493 e. The maximum Gasteiger partial charge on any atom is 0.335 e. The Morgan fingerprint density at radius 2 is 1.75 bits per heavy atom. The summed E-state index contributed by atoms with van der Waals surface area (Å²) in [5.41, 5.74) is 1.50. The zero-order valence-corrected chi connectivity index (χ0v) is 18.5. The number of hydrogen-bond donors (Lipinski definition) is 2. The van der Waals surface area contributed by atoms with Crippen LogP contribution in [0.4, 0.5) is 0 Å². The Hall–Kier alpha value is -3.65. The minimum Gasteiger partial charge on any atom is -0.493 e. The molecule has 2 aromatic carbocycles. The second kappa shape index (κ2) is 8.12. The van der Waals surface area contributed by atoms with Gasteiger partial charge >= 0.3 is 5.69 Å². The van der Waals surface area contributed by atoms with Crippen LogP contribution in [0.25, 0.3) is 5.69 Å². The van der Waals surface area contributed by atoms with Crippen LogP contribution in [0.5, 0.6) is 5.88 Å². The quantitative estimate of drug-likeness (QED) is 0.636. The molecule has 0 aliphatic carbocycles. The second-order valence-electron chi connectivity index (χ2n) is 7.82. The summed E-state index contributed by atoms with van der Waals surface area (Å²) in [6, 6.07) is 11.9. The molecule has 0 bridgehead atoms. The maximum atomic E-state index is 12.7. The van der Waals surface area contributed by atoms with E-state index in [4.69, 9.17) is 11.6 Å². The first-order chi connectivity index (χ1) is 15.2. The summed E-state index contributed by atoms with van der Waals surface area (Å²) >= 11 is 5.98. The van der Waals surface area contributed by atoms with Gasteiger partial charge in [-0.3, -0.25) is 14.6 Å². The lowest BCUT2D eigenvalue weighted by molar-refractivity contribution is -0.130. The number of benzene rings is 2. The third-order valence-electron chi connectivity index (χ3n) is 5.33. The smallest absolute Gasteiger partial charge is 0.335 e. The maximum absolute atomic E-state index is 12.7. The first kappa shape index (κ1) is 21.6. The van der Waals surface area contributed by atoms with Gasteiger partial charge in [0, 0.05) is 18.4 Å². The van der Waals surface area contributed by atoms with Crippen molar-refractivity contribution in [3.8, 4) is 11.6 Å². The van der Waals surface area contributed by atoms with Crippen LogP contribution in [0.15, 0.2) is 57.2 Å². The summed E-state index contributed by atoms with van der Waals surface area (Å²) in [4.78, 5) is 39.8. The van der Waals surface area contributed by atoms with Crippen LogP contribution in [0.3, 0.4) is 0 Å². The third-order valence-corrected chi connectivity index (χ3v) is 5.58. The fourth-order valence-corrected chi connectivity index (χ4v) is 4.13. The number of nitrogens with one attached hydrogen (secondary N) is 1. The summed E-state index contributed by atoms with van der Waals surface area (Å²) in [6.45, 7) is 5.11. The van der Waals surface area contributed by atoms with E-state index in [1.54, 1.807) is 36.4 Å². The van der Waals surface area contributed by atoms with Gasteiger partial charge in [-0.15, -0.1) is 0 Å². The van der Waals surface area contributed by atoms with Gasteiger partial charge in [-0.2, -0.15) is 5.10 Å². The highest BCUT2D eigenvalue weighted by Gasteiger charge is 2.34. The average Bonchev–Trinajstić information content (AvgIpc) is 3.12. The molecule has 32 heavy (non-hydrogen) atoms. The van der Waals surface area contributed by atoms with Gasteiger partial charge in [-0.05, 0) is 54.8 Å². The van der Waals surface area contributed by atoms with Gasteiger partial charge in [0.2, 0.25) is 11.8 Å². The number of hydrazone groups is 1. The Balaban J connectivity index is 1.85. The van der Waals surface area contributed by atoms with Gasteiger partial charge in [0.15, 0.2) is 0 Å². The number of rotatable bonds is 3. The lowest BCUT2D eigenvalue weighted by Gasteiger charge is -2.20. The molecule has 2 heterocycles. The number of nitrogens with zero attached hydrogens (tertiary/aromatic N) is 3. The predicted molar refractivity (Wildman–Crippen MR) is 122 cm³/mol. The monoisotopic (exact) mass is 452 g/mol. The van der Waals surface area contributed by atoms with Crippen LogP contribution < -0.4 is 11.2 Å². The second-order valence-corrected chi connectivity index (χ2v) is 8.26. The van der Waals surface area contributed by atoms with E-state index in [1.165, 1.54) is 11.9 Å². The predicted octanol–water partition coefficient (Wildman–Crippen LogP) is 3.20. The standard InChI is InChI=1S/C23H21ClN4O4/c1-12-8-13(2)10-17(9-12)27-22(31)20(21(30)25-23(27)32)18-11-19(28(26-18)14(3)29)15-4-6-16(24)7-5-15/h4-10,19,31H,11H2,1-3H3,(H,25,30,32)/t19-/m1/s1. The number of halogens is 1. The first-order valence-corrected chi connectivity index (χ1v) is 10.3. The molecule has 9 heteroatoms. The van der Waals surface area contributed by atoms with E-state index in [9.17, 15) is 19.5 Å². The molecule has 1 aliphatic rings. The molecule has 0 saturated heterocycles. The van der Waals surface area contributed by atoms with Gasteiger partial charge < -0.3 is 5.11 Å². The number of carbonyl (C=O) groups is 1. The van der Waals surface area contributed by atoms with E-state index in [1.807, 2.05) is 19.9 Å². The van der Waals surface area contributed by atoms with E-state index in [-0.39, 0.29) is 23.6 Å². The number of hydrogen-bond acceptors (Lipinski definition) is 5. The highest BCUT2D eigenvalue weighted by atomic mass is 35.5. The highest BCUT2D eigenvalue weighted by molar-refractivity contribution is 6.30. The Morgan fingerprint density at radius 3 is 2.34 bits per heavy atom.